The van der Waals surface area contributed by atoms with Gasteiger partial charge in [0.15, 0.2) is 5.16 Å². The van der Waals surface area contributed by atoms with Gasteiger partial charge in [0.05, 0.1) is 21.7 Å². The zero-order valence-corrected chi connectivity index (χ0v) is 18.5. The fraction of sp³-hybridized carbons (Fsp3) is 0.250. The van der Waals surface area contributed by atoms with Crippen molar-refractivity contribution in [3.8, 4) is 0 Å². The number of amides is 3. The molecular formula is C20H23N5O4S2. The van der Waals surface area contributed by atoms with Crippen molar-refractivity contribution in [2.45, 2.75) is 36.5 Å². The van der Waals surface area contributed by atoms with E-state index in [4.69, 9.17) is 5.14 Å². The number of carbonyl (C=O) groups is 2. The van der Waals surface area contributed by atoms with Crippen LogP contribution in [0.4, 0.5) is 4.79 Å². The Morgan fingerprint density at radius 2 is 1.90 bits per heavy atom. The van der Waals surface area contributed by atoms with Gasteiger partial charge in [0.2, 0.25) is 15.9 Å². The van der Waals surface area contributed by atoms with Crippen LogP contribution in [-0.2, 0) is 27.9 Å². The van der Waals surface area contributed by atoms with Crippen LogP contribution in [0, 0.1) is 0 Å². The summed E-state index contributed by atoms with van der Waals surface area (Å²) >= 11 is 1.17. The number of benzene rings is 2. The number of urea groups is 1. The predicted molar refractivity (Wildman–Crippen MR) is 119 cm³/mol. The molecule has 3 amide bonds. The topological polar surface area (TPSA) is 136 Å². The van der Waals surface area contributed by atoms with Crippen LogP contribution in [0.25, 0.3) is 11.0 Å². The molecule has 0 spiro atoms. The smallest absolute Gasteiger partial charge is 0.321 e. The third-order valence-electron chi connectivity index (χ3n) is 4.34. The number of fused-ring (bicyclic) bond motifs is 1. The van der Waals surface area contributed by atoms with Crippen LogP contribution in [-0.4, -0.2) is 35.7 Å². The molecule has 4 N–H and O–H groups in total. The number of rotatable bonds is 8. The van der Waals surface area contributed by atoms with E-state index >= 15 is 0 Å². The maximum atomic E-state index is 12.2. The van der Waals surface area contributed by atoms with Gasteiger partial charge in [-0.25, -0.2) is 23.3 Å². The maximum Gasteiger partial charge on any atom is 0.321 e. The highest BCUT2D eigenvalue weighted by Gasteiger charge is 2.16. The lowest BCUT2D eigenvalue weighted by Crippen LogP contribution is -2.40. The van der Waals surface area contributed by atoms with Crippen LogP contribution in [0.2, 0.25) is 0 Å². The molecule has 0 radical (unpaired) electrons. The Bertz CT molecular complexity index is 1190. The molecule has 31 heavy (non-hydrogen) atoms. The number of thioether (sulfide) groups is 1. The average molecular weight is 462 g/mol. The first-order chi connectivity index (χ1) is 14.8. The number of aryl methyl sites for hydroxylation is 1. The fourth-order valence-electron chi connectivity index (χ4n) is 2.93. The number of nitrogens with two attached hydrogens (primary N) is 1. The Hall–Kier alpha value is -2.89. The van der Waals surface area contributed by atoms with Crippen molar-refractivity contribution < 1.29 is 18.0 Å². The Balaban J connectivity index is 1.64. The van der Waals surface area contributed by atoms with E-state index in [-0.39, 0.29) is 10.6 Å². The number of nitrogens with zero attached hydrogens (tertiary/aromatic N) is 2. The van der Waals surface area contributed by atoms with Crippen molar-refractivity contribution >= 4 is 44.8 Å². The van der Waals surface area contributed by atoms with E-state index in [1.165, 1.54) is 23.9 Å². The van der Waals surface area contributed by atoms with Gasteiger partial charge in [0, 0.05) is 13.1 Å². The second kappa shape index (κ2) is 9.94. The zero-order valence-electron chi connectivity index (χ0n) is 16.9. The lowest BCUT2D eigenvalue weighted by Gasteiger charge is -2.08. The molecule has 0 unspecified atom stereocenters. The largest absolute Gasteiger partial charge is 0.334 e. The third kappa shape index (κ3) is 6.06. The van der Waals surface area contributed by atoms with Gasteiger partial charge < -0.3 is 9.88 Å². The Labute approximate surface area is 184 Å². The molecule has 0 atom stereocenters. The number of carbonyl (C=O) groups excluding carboxylic acids is 2. The molecule has 3 aromatic rings. The predicted octanol–water partition coefficient (Wildman–Crippen LogP) is 2.21. The van der Waals surface area contributed by atoms with E-state index in [0.29, 0.717) is 23.8 Å². The van der Waals surface area contributed by atoms with E-state index < -0.39 is 22.0 Å². The van der Waals surface area contributed by atoms with Crippen molar-refractivity contribution in [1.82, 2.24) is 20.2 Å². The molecule has 164 valence electrons. The Morgan fingerprint density at radius 1 is 1.16 bits per heavy atom. The third-order valence-corrected chi connectivity index (χ3v) is 6.23. The van der Waals surface area contributed by atoms with Crippen molar-refractivity contribution in [2.75, 3.05) is 5.75 Å². The minimum Gasteiger partial charge on any atom is -0.334 e. The monoisotopic (exact) mass is 461 g/mol. The molecule has 0 saturated heterocycles. The van der Waals surface area contributed by atoms with Gasteiger partial charge in [-0.2, -0.15) is 0 Å². The van der Waals surface area contributed by atoms with Crippen LogP contribution >= 0.6 is 11.8 Å². The number of imidazole rings is 1. The summed E-state index contributed by atoms with van der Waals surface area (Å²) in [5.74, 6) is -0.482. The minimum absolute atomic E-state index is 0.0200. The summed E-state index contributed by atoms with van der Waals surface area (Å²) < 4.78 is 25.1. The van der Waals surface area contributed by atoms with Crippen molar-refractivity contribution in [3.05, 3.63) is 54.1 Å². The molecule has 1 heterocycles. The maximum absolute atomic E-state index is 12.2. The van der Waals surface area contributed by atoms with Crippen molar-refractivity contribution in [3.63, 3.8) is 0 Å². The highest BCUT2D eigenvalue weighted by molar-refractivity contribution is 7.99. The normalized spacial score (nSPS) is 11.4. The number of imide groups is 1. The highest BCUT2D eigenvalue weighted by atomic mass is 32.2. The second-order valence-corrected chi connectivity index (χ2v) is 9.25. The Kier molecular flexibility index (Phi) is 7.31. The van der Waals surface area contributed by atoms with Gasteiger partial charge in [0.25, 0.3) is 0 Å². The first-order valence-corrected chi connectivity index (χ1v) is 12.1. The lowest BCUT2D eigenvalue weighted by molar-refractivity contribution is -0.117. The molecule has 2 aromatic carbocycles. The Morgan fingerprint density at radius 3 is 2.58 bits per heavy atom. The fourth-order valence-corrected chi connectivity index (χ4v) is 4.30. The molecule has 1 aromatic heterocycles. The number of primary sulfonamides is 1. The van der Waals surface area contributed by atoms with Crippen LogP contribution in [0.5, 0.6) is 0 Å². The molecule has 0 aliphatic heterocycles. The van der Waals surface area contributed by atoms with E-state index in [0.717, 1.165) is 17.5 Å². The summed E-state index contributed by atoms with van der Waals surface area (Å²) in [6.45, 7) is 2.96. The molecule has 11 heteroatoms. The summed E-state index contributed by atoms with van der Waals surface area (Å²) in [7, 11) is -3.84. The van der Waals surface area contributed by atoms with Crippen LogP contribution < -0.4 is 15.8 Å². The quantitative estimate of drug-likeness (QED) is 0.440. The molecule has 0 fully saturated rings. The van der Waals surface area contributed by atoms with Gasteiger partial charge in [-0.05, 0) is 30.2 Å². The van der Waals surface area contributed by atoms with E-state index in [2.05, 4.69) is 15.6 Å². The molecule has 0 aliphatic carbocycles. The summed E-state index contributed by atoms with van der Waals surface area (Å²) in [5.41, 5.74) is 2.15. The van der Waals surface area contributed by atoms with E-state index in [9.17, 15) is 18.0 Å². The molecule has 9 nitrogen and oxygen atoms in total. The van der Waals surface area contributed by atoms with Crippen molar-refractivity contribution in [1.29, 1.82) is 0 Å². The van der Waals surface area contributed by atoms with Gasteiger partial charge in [-0.15, -0.1) is 0 Å². The van der Waals surface area contributed by atoms with Gasteiger partial charge in [0.1, 0.15) is 0 Å². The minimum atomic E-state index is -3.84. The van der Waals surface area contributed by atoms with Gasteiger partial charge in [-0.1, -0.05) is 49.0 Å². The standard InChI is InChI=1S/C20H23N5O4S2/c1-2-10-25-17-9-8-15(31(21,28)29)11-16(17)23-20(25)30-13-18(26)24-19(27)22-12-14-6-4-3-5-7-14/h3-9,11H,2,10,12-13H2,1H3,(H2,21,28,29)(H2,22,24,26,27). The first kappa shape index (κ1) is 22.8. The summed E-state index contributed by atoms with van der Waals surface area (Å²) in [4.78, 5) is 28.6. The molecular weight excluding hydrogens is 438 g/mol. The van der Waals surface area contributed by atoms with Crippen molar-refractivity contribution in [2.24, 2.45) is 5.14 Å². The number of sulfonamides is 1. The van der Waals surface area contributed by atoms with E-state index in [1.807, 2.05) is 41.8 Å². The summed E-state index contributed by atoms with van der Waals surface area (Å²) in [6.07, 6.45) is 0.823. The average Bonchev–Trinajstić information content (AvgIpc) is 3.08. The lowest BCUT2D eigenvalue weighted by atomic mass is 10.2. The van der Waals surface area contributed by atoms with Crippen LogP contribution in [0.1, 0.15) is 18.9 Å². The number of nitrogens with one attached hydrogen (secondary N) is 2. The number of hydrogen-bond acceptors (Lipinski definition) is 6. The first-order valence-electron chi connectivity index (χ1n) is 9.55. The zero-order chi connectivity index (χ0) is 22.4. The van der Waals surface area contributed by atoms with Gasteiger partial charge >= 0.3 is 6.03 Å². The molecule has 0 aliphatic rings. The second-order valence-electron chi connectivity index (χ2n) is 6.75. The summed E-state index contributed by atoms with van der Waals surface area (Å²) in [5, 5.41) is 10.7. The molecule has 3 rings (SSSR count). The number of hydrogen-bond donors (Lipinski definition) is 3. The van der Waals surface area contributed by atoms with E-state index in [1.54, 1.807) is 6.07 Å². The van der Waals surface area contributed by atoms with Gasteiger partial charge in [-0.3, -0.25) is 10.1 Å². The van der Waals surface area contributed by atoms with Crippen LogP contribution in [0.15, 0.2) is 58.6 Å². The number of aromatic nitrogens is 2. The molecule has 0 bridgehead atoms. The SMILES string of the molecule is CCCn1c(SCC(=O)NC(=O)NCc2ccccc2)nc2cc(S(N)(=O)=O)ccc21. The highest BCUT2D eigenvalue weighted by Crippen LogP contribution is 2.26. The van der Waals surface area contributed by atoms with Crippen LogP contribution in [0.3, 0.4) is 0 Å². The summed E-state index contributed by atoms with van der Waals surface area (Å²) in [6, 6.07) is 13.3. The molecule has 0 saturated carbocycles.